The van der Waals surface area contributed by atoms with Crippen molar-refractivity contribution in [3.05, 3.63) is 23.8 Å². The van der Waals surface area contributed by atoms with Crippen molar-refractivity contribution in [1.82, 2.24) is 4.90 Å². The average molecular weight is 293 g/mol. The Morgan fingerprint density at radius 1 is 1.14 bits per heavy atom. The average Bonchev–Trinajstić information content (AvgIpc) is 2.49. The van der Waals surface area contributed by atoms with Crippen LogP contribution in [0.1, 0.15) is 50.4 Å². The maximum absolute atomic E-state index is 12.7. The highest BCUT2D eigenvalue weighted by Crippen LogP contribution is 2.28. The molecule has 0 saturated carbocycles. The van der Waals surface area contributed by atoms with Crippen LogP contribution in [0.5, 0.6) is 11.5 Å². The van der Waals surface area contributed by atoms with Gasteiger partial charge >= 0.3 is 0 Å². The molecule has 1 rings (SSSR count). The predicted octanol–water partition coefficient (Wildman–Crippen LogP) is 3.74. The summed E-state index contributed by atoms with van der Waals surface area (Å²) in [7, 11) is 3.16. The van der Waals surface area contributed by atoms with Crippen LogP contribution in [0.25, 0.3) is 0 Å². The van der Waals surface area contributed by atoms with Crippen LogP contribution in [-0.2, 0) is 0 Å². The highest BCUT2D eigenvalue weighted by molar-refractivity contribution is 5.95. The molecular weight excluding hydrogens is 266 g/mol. The lowest BCUT2D eigenvalue weighted by Crippen LogP contribution is -2.37. The zero-order valence-corrected chi connectivity index (χ0v) is 13.8. The second-order valence-corrected chi connectivity index (χ2v) is 5.37. The first-order valence-corrected chi connectivity index (χ1v) is 7.58. The number of carbonyl (C=O) groups excluding carboxylic acids is 1. The molecule has 0 saturated heterocycles. The van der Waals surface area contributed by atoms with Crippen LogP contribution in [0.3, 0.4) is 0 Å². The molecule has 1 aromatic rings. The zero-order chi connectivity index (χ0) is 15.8. The first-order chi connectivity index (χ1) is 10.0. The van der Waals surface area contributed by atoms with E-state index in [1.54, 1.807) is 32.4 Å². The molecule has 4 nitrogen and oxygen atoms in total. The Bertz CT molecular complexity index is 457. The van der Waals surface area contributed by atoms with E-state index in [1.807, 2.05) is 18.7 Å². The van der Waals surface area contributed by atoms with Gasteiger partial charge in [-0.05, 0) is 38.5 Å². The van der Waals surface area contributed by atoms with Crippen molar-refractivity contribution in [2.75, 3.05) is 20.8 Å². The van der Waals surface area contributed by atoms with Crippen LogP contribution >= 0.6 is 0 Å². The molecule has 0 aliphatic rings. The molecule has 118 valence electrons. The molecule has 0 radical (unpaired) electrons. The van der Waals surface area contributed by atoms with Gasteiger partial charge in [-0.3, -0.25) is 4.79 Å². The molecule has 4 heteroatoms. The summed E-state index contributed by atoms with van der Waals surface area (Å²) in [5, 5.41) is 0. The number of nitrogens with zero attached hydrogens (tertiary/aromatic N) is 1. The Morgan fingerprint density at radius 2 is 1.81 bits per heavy atom. The maximum atomic E-state index is 12.7. The van der Waals surface area contributed by atoms with E-state index in [1.165, 1.54) is 0 Å². The fraction of sp³-hybridized carbons (Fsp3) is 0.588. The Morgan fingerprint density at radius 3 is 2.33 bits per heavy atom. The fourth-order valence-corrected chi connectivity index (χ4v) is 2.26. The first kappa shape index (κ1) is 17.3. The van der Waals surface area contributed by atoms with Gasteiger partial charge < -0.3 is 14.4 Å². The first-order valence-electron chi connectivity index (χ1n) is 7.58. The second kappa shape index (κ2) is 8.55. The quantitative estimate of drug-likeness (QED) is 0.685. The van der Waals surface area contributed by atoms with Gasteiger partial charge in [0, 0.05) is 18.2 Å². The lowest BCUT2D eigenvalue weighted by atomic mass is 10.1. The van der Waals surface area contributed by atoms with Crippen LogP contribution in [0.4, 0.5) is 0 Å². The van der Waals surface area contributed by atoms with Crippen molar-refractivity contribution in [3.8, 4) is 11.5 Å². The van der Waals surface area contributed by atoms with E-state index in [9.17, 15) is 4.79 Å². The summed E-state index contributed by atoms with van der Waals surface area (Å²) in [5.41, 5.74) is 0.637. The van der Waals surface area contributed by atoms with Crippen molar-refractivity contribution in [3.63, 3.8) is 0 Å². The van der Waals surface area contributed by atoms with Gasteiger partial charge in [-0.1, -0.05) is 19.8 Å². The van der Waals surface area contributed by atoms with E-state index in [4.69, 9.17) is 9.47 Å². The van der Waals surface area contributed by atoms with E-state index in [0.717, 1.165) is 25.8 Å². The molecule has 0 N–H and O–H groups in total. The molecule has 0 heterocycles. The number of rotatable bonds is 8. The molecule has 0 fully saturated rings. The van der Waals surface area contributed by atoms with Gasteiger partial charge in [-0.2, -0.15) is 0 Å². The van der Waals surface area contributed by atoms with E-state index < -0.39 is 0 Å². The monoisotopic (exact) mass is 293 g/mol. The molecule has 0 unspecified atom stereocenters. The van der Waals surface area contributed by atoms with Gasteiger partial charge in [0.05, 0.1) is 14.2 Å². The van der Waals surface area contributed by atoms with Crippen molar-refractivity contribution in [2.45, 2.75) is 46.1 Å². The molecule has 0 spiro atoms. The normalized spacial score (nSPS) is 10.6. The fourth-order valence-electron chi connectivity index (χ4n) is 2.26. The van der Waals surface area contributed by atoms with Crippen LogP contribution in [0.15, 0.2) is 18.2 Å². The summed E-state index contributed by atoms with van der Waals surface area (Å²) in [6.45, 7) is 7.05. The van der Waals surface area contributed by atoms with Crippen molar-refractivity contribution in [1.29, 1.82) is 0 Å². The SMILES string of the molecule is CCCCCN(C(=O)c1ccc(OC)c(OC)c1)C(C)C. The smallest absolute Gasteiger partial charge is 0.254 e. The van der Waals surface area contributed by atoms with E-state index in [0.29, 0.717) is 17.1 Å². The number of benzene rings is 1. The number of amides is 1. The molecule has 1 aromatic carbocycles. The lowest BCUT2D eigenvalue weighted by Gasteiger charge is -2.27. The summed E-state index contributed by atoms with van der Waals surface area (Å²) in [5.74, 6) is 1.26. The van der Waals surface area contributed by atoms with E-state index in [-0.39, 0.29) is 11.9 Å². The summed E-state index contributed by atoms with van der Waals surface area (Å²) in [6.07, 6.45) is 3.33. The van der Waals surface area contributed by atoms with Gasteiger partial charge in [0.2, 0.25) is 0 Å². The van der Waals surface area contributed by atoms with E-state index in [2.05, 4.69) is 6.92 Å². The summed E-state index contributed by atoms with van der Waals surface area (Å²) < 4.78 is 10.5. The van der Waals surface area contributed by atoms with Gasteiger partial charge in [0.25, 0.3) is 5.91 Å². The second-order valence-electron chi connectivity index (χ2n) is 5.37. The third-order valence-electron chi connectivity index (χ3n) is 3.52. The minimum absolute atomic E-state index is 0.0436. The molecule has 21 heavy (non-hydrogen) atoms. The number of hydrogen-bond donors (Lipinski definition) is 0. The highest BCUT2D eigenvalue weighted by atomic mass is 16.5. The van der Waals surface area contributed by atoms with Crippen LogP contribution < -0.4 is 9.47 Å². The van der Waals surface area contributed by atoms with E-state index >= 15 is 0 Å². The molecular formula is C17H27NO3. The topological polar surface area (TPSA) is 38.8 Å². The molecule has 1 amide bonds. The van der Waals surface area contributed by atoms with Gasteiger partial charge in [-0.25, -0.2) is 0 Å². The molecule has 0 aliphatic heterocycles. The number of carbonyl (C=O) groups is 1. The highest BCUT2D eigenvalue weighted by Gasteiger charge is 2.19. The molecule has 0 bridgehead atoms. The van der Waals surface area contributed by atoms with Gasteiger partial charge in [-0.15, -0.1) is 0 Å². The summed E-state index contributed by atoms with van der Waals surface area (Å²) >= 11 is 0. The van der Waals surface area contributed by atoms with Crippen molar-refractivity contribution < 1.29 is 14.3 Å². The van der Waals surface area contributed by atoms with Crippen molar-refractivity contribution >= 4 is 5.91 Å². The zero-order valence-electron chi connectivity index (χ0n) is 13.8. The standard InChI is InChI=1S/C17H27NO3/c1-6-7-8-11-18(13(2)3)17(19)14-9-10-15(20-4)16(12-14)21-5/h9-10,12-13H,6-8,11H2,1-5H3. The minimum Gasteiger partial charge on any atom is -0.493 e. The Balaban J connectivity index is 2.92. The third-order valence-corrected chi connectivity index (χ3v) is 3.52. The predicted molar refractivity (Wildman–Crippen MR) is 85.2 cm³/mol. The Labute approximate surface area is 128 Å². The molecule has 0 aromatic heterocycles. The minimum atomic E-state index is 0.0436. The van der Waals surface area contributed by atoms with Crippen LogP contribution in [0, 0.1) is 0 Å². The third kappa shape index (κ3) is 4.66. The Hall–Kier alpha value is -1.71. The number of ether oxygens (including phenoxy) is 2. The lowest BCUT2D eigenvalue weighted by molar-refractivity contribution is 0.0702. The largest absolute Gasteiger partial charge is 0.493 e. The molecule has 0 atom stereocenters. The Kier molecular flexibility index (Phi) is 7.06. The molecule has 0 aliphatic carbocycles. The number of unbranched alkanes of at least 4 members (excludes halogenated alkanes) is 2. The van der Waals surface area contributed by atoms with Crippen LogP contribution in [0.2, 0.25) is 0 Å². The maximum Gasteiger partial charge on any atom is 0.254 e. The summed E-state index contributed by atoms with van der Waals surface area (Å²) in [6, 6.07) is 5.49. The van der Waals surface area contributed by atoms with Crippen LogP contribution in [-0.4, -0.2) is 37.6 Å². The van der Waals surface area contributed by atoms with Gasteiger partial charge in [0.15, 0.2) is 11.5 Å². The van der Waals surface area contributed by atoms with Crippen molar-refractivity contribution in [2.24, 2.45) is 0 Å². The number of methoxy groups -OCH3 is 2. The number of hydrogen-bond acceptors (Lipinski definition) is 3. The van der Waals surface area contributed by atoms with Gasteiger partial charge in [0.1, 0.15) is 0 Å². The summed E-state index contributed by atoms with van der Waals surface area (Å²) in [4.78, 5) is 14.6.